The lowest BCUT2D eigenvalue weighted by molar-refractivity contribution is -0.127. The average Bonchev–Trinajstić information content (AvgIpc) is 2.69. The Kier molecular flexibility index (Phi) is 2.60. The number of fused-ring (bicyclic) bond motifs is 2. The Morgan fingerprint density at radius 3 is 2.82 bits per heavy atom. The van der Waals surface area contributed by atoms with E-state index >= 15 is 0 Å². The van der Waals surface area contributed by atoms with Gasteiger partial charge in [-0.05, 0) is 18.9 Å². The highest BCUT2D eigenvalue weighted by Crippen LogP contribution is 2.56. The van der Waals surface area contributed by atoms with Crippen LogP contribution in [0, 0.1) is 24.3 Å². The molecule has 0 N–H and O–H groups in total. The van der Waals surface area contributed by atoms with Crippen LogP contribution >= 0.6 is 23.2 Å². The highest BCUT2D eigenvalue weighted by Gasteiger charge is 2.64. The lowest BCUT2D eigenvalue weighted by Crippen LogP contribution is -2.33. The minimum Gasteiger partial charge on any atom is -0.482 e. The molecule has 3 unspecified atom stereocenters. The third kappa shape index (κ3) is 1.66. The summed E-state index contributed by atoms with van der Waals surface area (Å²) in [7, 11) is 0. The van der Waals surface area contributed by atoms with Gasteiger partial charge in [0.05, 0.1) is 5.92 Å². The Hall–Kier alpha value is -0.730. The molecule has 3 atom stereocenters. The number of hydrogen-bond donors (Lipinski definition) is 0. The molecule has 1 aromatic rings. The Balaban J connectivity index is 1.84. The number of hydrogen-bond acceptors (Lipinski definition) is 2. The van der Waals surface area contributed by atoms with Crippen molar-refractivity contribution in [3.05, 3.63) is 36.8 Å². The summed E-state index contributed by atoms with van der Waals surface area (Å²) in [6.07, 6.45) is 2.07. The number of carbonyl (C=O) groups is 1. The maximum absolute atomic E-state index is 12.0. The van der Waals surface area contributed by atoms with E-state index in [0.717, 1.165) is 6.42 Å². The van der Waals surface area contributed by atoms with Gasteiger partial charge in [-0.1, -0.05) is 18.2 Å². The predicted molar refractivity (Wildman–Crippen MR) is 65.0 cm³/mol. The molecule has 17 heavy (non-hydrogen) atoms. The molecule has 4 heteroatoms. The molecule has 0 spiro atoms. The minimum absolute atomic E-state index is 0.0245. The zero-order chi connectivity index (χ0) is 12.0. The second-order valence-corrected chi connectivity index (χ2v) is 5.84. The van der Waals surface area contributed by atoms with Crippen molar-refractivity contribution in [1.82, 2.24) is 0 Å². The zero-order valence-corrected chi connectivity index (χ0v) is 10.4. The molecule has 2 nitrogen and oxygen atoms in total. The maximum Gasteiger partial charge on any atom is 0.180 e. The lowest BCUT2D eigenvalue weighted by Gasteiger charge is -2.22. The Bertz CT molecular complexity index is 444. The summed E-state index contributed by atoms with van der Waals surface area (Å²) in [5.41, 5.74) is 0. The summed E-state index contributed by atoms with van der Waals surface area (Å²) in [5.74, 6) is -0.0208. The number of ether oxygens (including phenoxy) is 1. The average molecular weight is 269 g/mol. The molecule has 3 rings (SSSR count). The first-order valence-corrected chi connectivity index (χ1v) is 6.24. The van der Waals surface area contributed by atoms with Crippen molar-refractivity contribution in [2.24, 2.45) is 11.8 Å². The van der Waals surface area contributed by atoms with Gasteiger partial charge in [0.2, 0.25) is 0 Å². The van der Waals surface area contributed by atoms with Crippen LogP contribution in [0.1, 0.15) is 6.42 Å². The van der Waals surface area contributed by atoms with Gasteiger partial charge >= 0.3 is 0 Å². The number of para-hydroxylation sites is 1. The highest BCUT2D eigenvalue weighted by molar-refractivity contribution is 6.51. The Morgan fingerprint density at radius 1 is 1.41 bits per heavy atom. The van der Waals surface area contributed by atoms with Crippen LogP contribution in [0.15, 0.2) is 24.3 Å². The van der Waals surface area contributed by atoms with Gasteiger partial charge in [-0.25, -0.2) is 0 Å². The molecule has 1 aromatic carbocycles. The van der Waals surface area contributed by atoms with Gasteiger partial charge in [-0.2, -0.15) is 0 Å². The van der Waals surface area contributed by atoms with Crippen molar-refractivity contribution in [3.63, 3.8) is 0 Å². The van der Waals surface area contributed by atoms with Crippen LogP contribution in [0.2, 0.25) is 0 Å². The fraction of sp³-hybridized carbons (Fsp3) is 0.385. The van der Waals surface area contributed by atoms with Crippen molar-refractivity contribution in [2.45, 2.75) is 16.9 Å². The van der Waals surface area contributed by atoms with Crippen LogP contribution < -0.4 is 4.74 Å². The summed E-state index contributed by atoms with van der Waals surface area (Å²) in [5, 5.41) is 0. The molecular weight excluding hydrogens is 259 g/mol. The fourth-order valence-corrected chi connectivity index (χ4v) is 3.36. The molecule has 2 saturated carbocycles. The molecule has 0 heterocycles. The van der Waals surface area contributed by atoms with Crippen molar-refractivity contribution in [2.75, 3.05) is 0 Å². The standard InChI is InChI=1S/C13H10Cl2O2/c14-13(15)9-6-7-10(13)12(11(9)16)17-8-4-2-1-3-5-8/h1-4,6,9-10,12H,7H2. The lowest BCUT2D eigenvalue weighted by atomic mass is 9.96. The number of benzene rings is 1. The van der Waals surface area contributed by atoms with Crippen LogP contribution in [-0.2, 0) is 4.79 Å². The van der Waals surface area contributed by atoms with Crippen LogP contribution in [-0.4, -0.2) is 16.2 Å². The molecule has 0 amide bonds. The predicted octanol–water partition coefficient (Wildman–Crippen LogP) is 2.83. The van der Waals surface area contributed by atoms with Crippen molar-refractivity contribution in [1.29, 1.82) is 0 Å². The number of alkyl halides is 2. The SMILES string of the molecule is O=C1C(Oc2[c]cccc2)C2C[CH]C1C2(Cl)Cl. The fourth-order valence-electron chi connectivity index (χ4n) is 2.56. The van der Waals surface area contributed by atoms with Gasteiger partial charge in [-0.3, -0.25) is 4.79 Å². The molecule has 0 aliphatic heterocycles. The molecule has 2 aliphatic rings. The molecule has 0 saturated heterocycles. The smallest absolute Gasteiger partial charge is 0.180 e. The van der Waals surface area contributed by atoms with Crippen LogP contribution in [0.25, 0.3) is 0 Å². The number of Topliss-reactive ketones (excluding diaryl/α,β-unsaturated/α-hetero) is 1. The monoisotopic (exact) mass is 268 g/mol. The van der Waals surface area contributed by atoms with Gasteiger partial charge in [0.1, 0.15) is 10.1 Å². The Labute approximate surface area is 110 Å². The van der Waals surface area contributed by atoms with Crippen LogP contribution in [0.5, 0.6) is 5.75 Å². The van der Waals surface area contributed by atoms with Crippen LogP contribution in [0.3, 0.4) is 0 Å². The van der Waals surface area contributed by atoms with Gasteiger partial charge < -0.3 is 4.74 Å². The molecule has 0 aromatic heterocycles. The summed E-state index contributed by atoms with van der Waals surface area (Å²) in [6.45, 7) is 0. The molecular formula is C13H10Cl2O2. The van der Waals surface area contributed by atoms with Crippen molar-refractivity contribution >= 4 is 29.0 Å². The zero-order valence-electron chi connectivity index (χ0n) is 8.90. The van der Waals surface area contributed by atoms with E-state index < -0.39 is 16.4 Å². The maximum atomic E-state index is 12.0. The first kappa shape index (κ1) is 11.4. The highest BCUT2D eigenvalue weighted by atomic mass is 35.5. The second-order valence-electron chi connectivity index (χ2n) is 4.40. The summed E-state index contributed by atoms with van der Waals surface area (Å²) in [4.78, 5) is 12.0. The van der Waals surface area contributed by atoms with E-state index in [1.807, 2.05) is 18.6 Å². The summed E-state index contributed by atoms with van der Waals surface area (Å²) >= 11 is 12.4. The summed E-state index contributed by atoms with van der Waals surface area (Å²) < 4.78 is 4.66. The molecule has 2 fully saturated rings. The third-order valence-corrected chi connectivity index (χ3v) is 4.45. The van der Waals surface area contributed by atoms with Crippen molar-refractivity contribution in [3.8, 4) is 5.75 Å². The van der Waals surface area contributed by atoms with Gasteiger partial charge in [0, 0.05) is 12.0 Å². The number of rotatable bonds is 2. The summed E-state index contributed by atoms with van der Waals surface area (Å²) in [6, 6.07) is 10.1. The van der Waals surface area contributed by atoms with E-state index in [9.17, 15) is 4.79 Å². The van der Waals surface area contributed by atoms with Gasteiger partial charge in [0.25, 0.3) is 0 Å². The Morgan fingerprint density at radius 2 is 2.24 bits per heavy atom. The minimum atomic E-state index is -1.00. The molecule has 2 aliphatic carbocycles. The van der Waals surface area contributed by atoms with Gasteiger partial charge in [0.15, 0.2) is 11.9 Å². The van der Waals surface area contributed by atoms with E-state index in [1.165, 1.54) is 0 Å². The normalized spacial score (nSPS) is 34.0. The van der Waals surface area contributed by atoms with E-state index in [2.05, 4.69) is 6.07 Å². The number of ketones is 1. The largest absolute Gasteiger partial charge is 0.482 e. The van der Waals surface area contributed by atoms with E-state index in [4.69, 9.17) is 27.9 Å². The van der Waals surface area contributed by atoms with E-state index in [1.54, 1.807) is 12.1 Å². The number of carbonyl (C=O) groups excluding carboxylic acids is 1. The van der Waals surface area contributed by atoms with E-state index in [-0.39, 0.29) is 11.7 Å². The molecule has 88 valence electrons. The molecule has 2 radical (unpaired) electrons. The quantitative estimate of drug-likeness (QED) is 0.772. The van der Waals surface area contributed by atoms with Gasteiger partial charge in [-0.15, -0.1) is 23.2 Å². The first-order chi connectivity index (χ1) is 8.10. The topological polar surface area (TPSA) is 26.3 Å². The van der Waals surface area contributed by atoms with E-state index in [0.29, 0.717) is 5.75 Å². The third-order valence-electron chi connectivity index (χ3n) is 3.42. The van der Waals surface area contributed by atoms with Crippen LogP contribution in [0.4, 0.5) is 0 Å². The van der Waals surface area contributed by atoms with Crippen molar-refractivity contribution < 1.29 is 9.53 Å². The number of halogens is 2. The first-order valence-electron chi connectivity index (χ1n) is 5.49. The second kappa shape index (κ2) is 3.89. The molecule has 2 bridgehead atoms.